The fourth-order valence-corrected chi connectivity index (χ4v) is 2.52. The molecule has 21 heavy (non-hydrogen) atoms. The fourth-order valence-electron chi connectivity index (χ4n) is 2.52. The third-order valence-electron chi connectivity index (χ3n) is 3.64. The lowest BCUT2D eigenvalue weighted by molar-refractivity contribution is -0.122. The second-order valence-electron chi connectivity index (χ2n) is 6.03. The summed E-state index contributed by atoms with van der Waals surface area (Å²) in [6.45, 7) is 5.09. The van der Waals surface area contributed by atoms with Gasteiger partial charge in [-0.25, -0.2) is 4.98 Å². The number of nitrogens with one attached hydrogen (secondary N) is 2. The molecular formula is C16H22N4O. The highest BCUT2D eigenvalue weighted by Gasteiger charge is 2.21. The molecule has 0 radical (unpaired) electrons. The Kier molecular flexibility index (Phi) is 3.92. The Balaban J connectivity index is 1.81. The molecule has 2 heterocycles. The summed E-state index contributed by atoms with van der Waals surface area (Å²) >= 11 is 0. The summed E-state index contributed by atoms with van der Waals surface area (Å²) in [5.41, 5.74) is 2.09. The van der Waals surface area contributed by atoms with Gasteiger partial charge >= 0.3 is 0 Å². The number of nitrogens with zero attached hydrogens (tertiary/aromatic N) is 2. The third-order valence-corrected chi connectivity index (χ3v) is 3.64. The van der Waals surface area contributed by atoms with Gasteiger partial charge in [-0.1, -0.05) is 0 Å². The maximum atomic E-state index is 12.0. The topological polar surface area (TPSA) is 59.0 Å². The summed E-state index contributed by atoms with van der Waals surface area (Å²) in [4.78, 5) is 16.4. The molecule has 0 unspecified atom stereocenters. The highest BCUT2D eigenvalue weighted by atomic mass is 16.2. The van der Waals surface area contributed by atoms with E-state index in [9.17, 15) is 4.79 Å². The van der Waals surface area contributed by atoms with E-state index in [-0.39, 0.29) is 11.9 Å². The molecule has 3 rings (SSSR count). The Morgan fingerprint density at radius 1 is 1.48 bits per heavy atom. The summed E-state index contributed by atoms with van der Waals surface area (Å²) in [5.74, 6) is 0.0225. The van der Waals surface area contributed by atoms with Crippen molar-refractivity contribution in [3.8, 4) is 0 Å². The van der Waals surface area contributed by atoms with Crippen molar-refractivity contribution in [2.75, 3.05) is 0 Å². The Bertz CT molecular complexity index is 643. The highest BCUT2D eigenvalue weighted by Crippen LogP contribution is 2.23. The standard InChI is InChI=1S/C16H22N4O/c1-11(2)19-15(21)10-20-9-12(8-18-13-5-6-13)14-4-3-7-17-16(14)20/h3-4,7,9,11,13,18H,5-6,8,10H2,1-2H3,(H,19,21). The number of pyridine rings is 1. The van der Waals surface area contributed by atoms with Gasteiger partial charge in [-0.15, -0.1) is 0 Å². The lowest BCUT2D eigenvalue weighted by Gasteiger charge is -2.09. The molecule has 1 fully saturated rings. The molecular weight excluding hydrogens is 264 g/mol. The molecule has 2 aromatic heterocycles. The molecule has 5 nitrogen and oxygen atoms in total. The number of hydrogen-bond donors (Lipinski definition) is 2. The lowest BCUT2D eigenvalue weighted by Crippen LogP contribution is -2.33. The zero-order valence-electron chi connectivity index (χ0n) is 12.6. The van der Waals surface area contributed by atoms with Crippen molar-refractivity contribution in [2.45, 2.75) is 51.9 Å². The lowest BCUT2D eigenvalue weighted by atomic mass is 10.2. The summed E-state index contributed by atoms with van der Waals surface area (Å²) in [6.07, 6.45) is 6.37. The van der Waals surface area contributed by atoms with Crippen LogP contribution in [0.15, 0.2) is 24.5 Å². The van der Waals surface area contributed by atoms with E-state index in [0.29, 0.717) is 12.6 Å². The van der Waals surface area contributed by atoms with Gasteiger partial charge in [0.25, 0.3) is 0 Å². The molecule has 0 aliphatic heterocycles. The average Bonchev–Trinajstić information content (AvgIpc) is 3.20. The van der Waals surface area contributed by atoms with E-state index in [1.54, 1.807) is 6.20 Å². The molecule has 1 saturated carbocycles. The smallest absolute Gasteiger partial charge is 0.240 e. The number of hydrogen-bond acceptors (Lipinski definition) is 3. The van der Waals surface area contributed by atoms with Crippen LogP contribution in [-0.4, -0.2) is 27.5 Å². The van der Waals surface area contributed by atoms with Gasteiger partial charge in [0.05, 0.1) is 0 Å². The Labute approximate surface area is 124 Å². The van der Waals surface area contributed by atoms with Crippen LogP contribution < -0.4 is 10.6 Å². The van der Waals surface area contributed by atoms with Crippen molar-refractivity contribution in [1.82, 2.24) is 20.2 Å². The van der Waals surface area contributed by atoms with Crippen LogP contribution in [0, 0.1) is 0 Å². The first-order valence-electron chi connectivity index (χ1n) is 7.59. The highest BCUT2D eigenvalue weighted by molar-refractivity contribution is 5.83. The van der Waals surface area contributed by atoms with Crippen molar-refractivity contribution in [2.24, 2.45) is 0 Å². The monoisotopic (exact) mass is 286 g/mol. The minimum absolute atomic E-state index is 0.0225. The second kappa shape index (κ2) is 5.85. The predicted octanol–water partition coefficient (Wildman–Crippen LogP) is 1.81. The van der Waals surface area contributed by atoms with Crippen molar-refractivity contribution in [3.63, 3.8) is 0 Å². The molecule has 0 bridgehead atoms. The predicted molar refractivity (Wildman–Crippen MR) is 82.9 cm³/mol. The number of carbonyl (C=O) groups is 1. The van der Waals surface area contributed by atoms with Crippen molar-refractivity contribution < 1.29 is 4.79 Å². The minimum atomic E-state index is 0.0225. The van der Waals surface area contributed by atoms with Gasteiger partial charge in [-0.3, -0.25) is 4.79 Å². The van der Waals surface area contributed by atoms with Crippen LogP contribution in [-0.2, 0) is 17.9 Å². The molecule has 112 valence electrons. The van der Waals surface area contributed by atoms with Crippen LogP contribution in [0.3, 0.4) is 0 Å². The maximum absolute atomic E-state index is 12.0. The van der Waals surface area contributed by atoms with Gasteiger partial charge in [0.1, 0.15) is 12.2 Å². The SMILES string of the molecule is CC(C)NC(=O)Cn1cc(CNC2CC2)c2cccnc21. The van der Waals surface area contributed by atoms with Crippen LogP contribution in [0.5, 0.6) is 0 Å². The Morgan fingerprint density at radius 2 is 2.29 bits per heavy atom. The fraction of sp³-hybridized carbons (Fsp3) is 0.500. The second-order valence-corrected chi connectivity index (χ2v) is 6.03. The van der Waals surface area contributed by atoms with Crippen molar-refractivity contribution in [3.05, 3.63) is 30.1 Å². The summed E-state index contributed by atoms with van der Waals surface area (Å²) < 4.78 is 1.94. The zero-order chi connectivity index (χ0) is 14.8. The number of fused-ring (bicyclic) bond motifs is 1. The van der Waals surface area contributed by atoms with E-state index in [0.717, 1.165) is 17.6 Å². The summed E-state index contributed by atoms with van der Waals surface area (Å²) in [6, 6.07) is 4.84. The number of amides is 1. The van der Waals surface area contributed by atoms with E-state index in [4.69, 9.17) is 0 Å². The molecule has 1 aliphatic rings. The Hall–Kier alpha value is -1.88. The zero-order valence-corrected chi connectivity index (χ0v) is 12.6. The molecule has 0 spiro atoms. The first-order chi connectivity index (χ1) is 10.1. The molecule has 0 aromatic carbocycles. The number of carbonyl (C=O) groups excluding carboxylic acids is 1. The van der Waals surface area contributed by atoms with Crippen LogP contribution in [0.2, 0.25) is 0 Å². The van der Waals surface area contributed by atoms with Gasteiger partial charge in [0.15, 0.2) is 0 Å². The average molecular weight is 286 g/mol. The van der Waals surface area contributed by atoms with Gasteiger partial charge < -0.3 is 15.2 Å². The molecule has 1 aliphatic carbocycles. The molecule has 2 aromatic rings. The first-order valence-corrected chi connectivity index (χ1v) is 7.59. The van der Waals surface area contributed by atoms with Crippen molar-refractivity contribution >= 4 is 16.9 Å². The summed E-state index contributed by atoms with van der Waals surface area (Å²) in [7, 11) is 0. The van der Waals surface area contributed by atoms with E-state index < -0.39 is 0 Å². The number of rotatable bonds is 6. The molecule has 0 atom stereocenters. The minimum Gasteiger partial charge on any atom is -0.352 e. The van der Waals surface area contributed by atoms with Gasteiger partial charge in [0, 0.05) is 36.4 Å². The molecule has 2 N–H and O–H groups in total. The maximum Gasteiger partial charge on any atom is 0.240 e. The van der Waals surface area contributed by atoms with Crippen molar-refractivity contribution in [1.29, 1.82) is 0 Å². The molecule has 5 heteroatoms. The van der Waals surface area contributed by atoms with Crippen LogP contribution in [0.1, 0.15) is 32.3 Å². The normalized spacial score (nSPS) is 14.8. The van der Waals surface area contributed by atoms with E-state index in [1.165, 1.54) is 18.4 Å². The van der Waals surface area contributed by atoms with E-state index in [2.05, 4.69) is 21.7 Å². The van der Waals surface area contributed by atoms with Gasteiger partial charge in [-0.05, 0) is 44.4 Å². The first kappa shape index (κ1) is 14.1. The number of aromatic nitrogens is 2. The van der Waals surface area contributed by atoms with Crippen LogP contribution in [0.4, 0.5) is 0 Å². The van der Waals surface area contributed by atoms with Gasteiger partial charge in [0.2, 0.25) is 5.91 Å². The van der Waals surface area contributed by atoms with E-state index in [1.807, 2.05) is 30.7 Å². The quantitative estimate of drug-likeness (QED) is 0.851. The summed E-state index contributed by atoms with van der Waals surface area (Å²) in [5, 5.41) is 7.57. The van der Waals surface area contributed by atoms with Crippen LogP contribution in [0.25, 0.3) is 11.0 Å². The van der Waals surface area contributed by atoms with Gasteiger partial charge in [-0.2, -0.15) is 0 Å². The van der Waals surface area contributed by atoms with E-state index >= 15 is 0 Å². The molecule has 0 saturated heterocycles. The van der Waals surface area contributed by atoms with Crippen LogP contribution >= 0.6 is 0 Å². The Morgan fingerprint density at radius 3 is 3.00 bits per heavy atom. The molecule has 1 amide bonds. The third kappa shape index (κ3) is 3.42. The largest absolute Gasteiger partial charge is 0.352 e.